The Morgan fingerprint density at radius 1 is 1.53 bits per heavy atom. The summed E-state index contributed by atoms with van der Waals surface area (Å²) in [6.45, 7) is 4.19. The van der Waals surface area contributed by atoms with E-state index in [0.717, 1.165) is 0 Å². The van der Waals surface area contributed by atoms with Gasteiger partial charge in [0.1, 0.15) is 5.82 Å². The quantitative estimate of drug-likeness (QED) is 0.766. The van der Waals surface area contributed by atoms with Crippen molar-refractivity contribution in [3.63, 3.8) is 0 Å². The van der Waals surface area contributed by atoms with Crippen molar-refractivity contribution >= 4 is 17.4 Å². The van der Waals surface area contributed by atoms with Crippen LogP contribution in [0.25, 0.3) is 5.65 Å². The second-order valence-electron chi connectivity index (χ2n) is 4.13. The predicted molar refractivity (Wildman–Crippen MR) is 67.5 cm³/mol. The first kappa shape index (κ1) is 13.2. The van der Waals surface area contributed by atoms with Crippen molar-refractivity contribution < 1.29 is 9.53 Å². The summed E-state index contributed by atoms with van der Waals surface area (Å²) in [5.41, 5.74) is 0.588. The van der Waals surface area contributed by atoms with Gasteiger partial charge in [-0.2, -0.15) is 0 Å². The number of esters is 1. The van der Waals surface area contributed by atoms with Crippen molar-refractivity contribution in [3.05, 3.63) is 12.1 Å². The minimum Gasteiger partial charge on any atom is -0.466 e. The van der Waals surface area contributed by atoms with Crippen LogP contribution in [0.15, 0.2) is 12.1 Å². The van der Waals surface area contributed by atoms with Gasteiger partial charge in [0.2, 0.25) is 0 Å². The number of carbonyl (C=O) groups excluding carboxylic acids is 1. The van der Waals surface area contributed by atoms with Gasteiger partial charge in [-0.3, -0.25) is 4.79 Å². The topological polar surface area (TPSA) is 94.3 Å². The molecule has 0 amide bonds. The van der Waals surface area contributed by atoms with Crippen LogP contribution in [0.4, 0.5) is 5.82 Å². The van der Waals surface area contributed by atoms with Crippen molar-refractivity contribution in [1.29, 1.82) is 0 Å². The van der Waals surface area contributed by atoms with E-state index in [0.29, 0.717) is 30.9 Å². The average molecular weight is 264 g/mol. The third kappa shape index (κ3) is 3.60. The molecule has 0 saturated carbocycles. The maximum atomic E-state index is 11.2. The zero-order chi connectivity index (χ0) is 13.7. The molecule has 8 heteroatoms. The molecule has 1 unspecified atom stereocenters. The van der Waals surface area contributed by atoms with E-state index in [2.05, 4.69) is 25.9 Å². The van der Waals surface area contributed by atoms with Gasteiger partial charge >= 0.3 is 5.97 Å². The molecule has 102 valence electrons. The number of nitrogens with one attached hydrogen (secondary N) is 1. The van der Waals surface area contributed by atoms with Gasteiger partial charge in [0.05, 0.1) is 6.61 Å². The lowest BCUT2D eigenvalue weighted by Crippen LogP contribution is -2.19. The molecule has 0 saturated heterocycles. The summed E-state index contributed by atoms with van der Waals surface area (Å²) in [4.78, 5) is 11.2. The Morgan fingerprint density at radius 2 is 2.37 bits per heavy atom. The van der Waals surface area contributed by atoms with Crippen LogP contribution in [0.2, 0.25) is 0 Å². The molecule has 19 heavy (non-hydrogen) atoms. The van der Waals surface area contributed by atoms with Gasteiger partial charge in [-0.05, 0) is 42.8 Å². The number of anilines is 1. The molecule has 0 fully saturated rings. The number of nitrogens with zero attached hydrogens (tertiary/aromatic N) is 5. The molecule has 0 aliphatic heterocycles. The maximum absolute atomic E-state index is 11.2. The summed E-state index contributed by atoms with van der Waals surface area (Å²) in [5, 5.41) is 18.4. The van der Waals surface area contributed by atoms with Crippen LogP contribution >= 0.6 is 0 Å². The third-order valence-corrected chi connectivity index (χ3v) is 2.55. The van der Waals surface area contributed by atoms with E-state index < -0.39 is 0 Å². The Labute approximate surface area is 110 Å². The number of fused-ring (bicyclic) bond motifs is 1. The number of hydrogen-bond acceptors (Lipinski definition) is 7. The van der Waals surface area contributed by atoms with E-state index in [1.807, 2.05) is 6.92 Å². The number of ether oxygens (including phenoxy) is 1. The van der Waals surface area contributed by atoms with E-state index in [4.69, 9.17) is 4.74 Å². The molecule has 8 nitrogen and oxygen atoms in total. The molecule has 0 aliphatic carbocycles. The number of tetrazole rings is 1. The van der Waals surface area contributed by atoms with Crippen LogP contribution in [0.5, 0.6) is 0 Å². The normalized spacial score (nSPS) is 12.3. The molecule has 0 aromatic carbocycles. The van der Waals surface area contributed by atoms with E-state index in [1.54, 1.807) is 19.1 Å². The molecular weight excluding hydrogens is 248 g/mol. The van der Waals surface area contributed by atoms with Crippen LogP contribution in [0, 0.1) is 0 Å². The van der Waals surface area contributed by atoms with Crippen molar-refractivity contribution in [2.24, 2.45) is 0 Å². The van der Waals surface area contributed by atoms with Crippen molar-refractivity contribution in [2.45, 2.75) is 32.7 Å². The lowest BCUT2D eigenvalue weighted by Gasteiger charge is -2.13. The molecule has 0 bridgehead atoms. The fourth-order valence-corrected chi connectivity index (χ4v) is 1.62. The van der Waals surface area contributed by atoms with Crippen molar-refractivity contribution in [2.75, 3.05) is 11.9 Å². The van der Waals surface area contributed by atoms with Gasteiger partial charge < -0.3 is 10.1 Å². The molecule has 2 aromatic heterocycles. The molecule has 1 atom stereocenters. The molecule has 0 spiro atoms. The largest absolute Gasteiger partial charge is 0.466 e. The summed E-state index contributed by atoms with van der Waals surface area (Å²) >= 11 is 0. The maximum Gasteiger partial charge on any atom is 0.305 e. The highest BCUT2D eigenvalue weighted by atomic mass is 16.5. The minimum absolute atomic E-state index is 0.103. The summed E-state index contributed by atoms with van der Waals surface area (Å²) in [7, 11) is 0. The van der Waals surface area contributed by atoms with Crippen LogP contribution < -0.4 is 5.32 Å². The van der Waals surface area contributed by atoms with Gasteiger partial charge in [-0.15, -0.1) is 14.8 Å². The first-order valence-corrected chi connectivity index (χ1v) is 6.16. The first-order chi connectivity index (χ1) is 9.19. The molecule has 2 rings (SSSR count). The van der Waals surface area contributed by atoms with Crippen molar-refractivity contribution in [1.82, 2.24) is 25.3 Å². The van der Waals surface area contributed by atoms with Crippen LogP contribution in [0.3, 0.4) is 0 Å². The molecule has 2 aromatic rings. The summed E-state index contributed by atoms with van der Waals surface area (Å²) in [6, 6.07) is 3.67. The molecule has 1 N–H and O–H groups in total. The summed E-state index contributed by atoms with van der Waals surface area (Å²) < 4.78 is 6.22. The smallest absolute Gasteiger partial charge is 0.305 e. The van der Waals surface area contributed by atoms with Gasteiger partial charge in [0.15, 0.2) is 5.65 Å². The highest BCUT2D eigenvalue weighted by Crippen LogP contribution is 2.08. The van der Waals surface area contributed by atoms with Gasteiger partial charge in [-0.25, -0.2) is 0 Å². The number of aromatic nitrogens is 5. The zero-order valence-electron chi connectivity index (χ0n) is 10.9. The molecule has 2 heterocycles. The van der Waals surface area contributed by atoms with Crippen LogP contribution in [-0.2, 0) is 9.53 Å². The van der Waals surface area contributed by atoms with E-state index in [-0.39, 0.29) is 12.0 Å². The number of rotatable bonds is 6. The van der Waals surface area contributed by atoms with E-state index >= 15 is 0 Å². The van der Waals surface area contributed by atoms with Gasteiger partial charge in [-0.1, -0.05) is 0 Å². The highest BCUT2D eigenvalue weighted by Gasteiger charge is 2.08. The Kier molecular flexibility index (Phi) is 4.22. The average Bonchev–Trinajstić information content (AvgIpc) is 2.84. The monoisotopic (exact) mass is 264 g/mol. The Hall–Kier alpha value is -2.25. The number of hydrogen-bond donors (Lipinski definition) is 1. The molecule has 0 aliphatic rings. The molecular formula is C11H16N6O2. The van der Waals surface area contributed by atoms with Gasteiger partial charge in [0.25, 0.3) is 0 Å². The number of carbonyl (C=O) groups is 1. The zero-order valence-corrected chi connectivity index (χ0v) is 10.9. The summed E-state index contributed by atoms with van der Waals surface area (Å²) in [6.07, 6.45) is 1.06. The van der Waals surface area contributed by atoms with E-state index in [9.17, 15) is 4.79 Å². The second-order valence-corrected chi connectivity index (χ2v) is 4.13. The fourth-order valence-electron chi connectivity index (χ4n) is 1.62. The summed E-state index contributed by atoms with van der Waals surface area (Å²) in [5.74, 6) is 0.483. The first-order valence-electron chi connectivity index (χ1n) is 6.16. The second kappa shape index (κ2) is 6.07. The minimum atomic E-state index is -0.181. The standard InChI is InChI=1S/C11H16N6O2/c1-3-19-11(18)7-4-8(2)12-9-5-6-10-13-15-16-17(10)14-9/h5-6,8H,3-4,7H2,1-2H3,(H,12,14). The van der Waals surface area contributed by atoms with Gasteiger partial charge in [0, 0.05) is 12.5 Å². The Bertz CT molecular complexity index is 555. The Morgan fingerprint density at radius 3 is 3.16 bits per heavy atom. The Balaban J connectivity index is 1.87. The van der Waals surface area contributed by atoms with Crippen LogP contribution in [-0.4, -0.2) is 43.9 Å². The molecule has 0 radical (unpaired) electrons. The lowest BCUT2D eigenvalue weighted by atomic mass is 10.2. The van der Waals surface area contributed by atoms with Crippen LogP contribution in [0.1, 0.15) is 26.7 Å². The highest BCUT2D eigenvalue weighted by molar-refractivity contribution is 5.69. The third-order valence-electron chi connectivity index (χ3n) is 2.55. The lowest BCUT2D eigenvalue weighted by molar-refractivity contribution is -0.143. The van der Waals surface area contributed by atoms with Crippen molar-refractivity contribution in [3.8, 4) is 0 Å². The van der Waals surface area contributed by atoms with E-state index in [1.165, 1.54) is 4.63 Å². The predicted octanol–water partition coefficient (Wildman–Crippen LogP) is 0.663. The fraction of sp³-hybridized carbons (Fsp3) is 0.545. The SMILES string of the molecule is CCOC(=O)CCC(C)Nc1ccc2nnnn2n1.